The number of nitrogens with one attached hydrogen (secondary N) is 2. The number of thiocarbonyl (C=S) groups is 1. The van der Waals surface area contributed by atoms with Crippen LogP contribution >= 0.6 is 12.2 Å². The van der Waals surface area contributed by atoms with E-state index in [-0.39, 0.29) is 42.3 Å². The van der Waals surface area contributed by atoms with E-state index in [1.807, 2.05) is 47.6 Å². The number of nitro benzene ring substituents is 1. The second-order valence-corrected chi connectivity index (χ2v) is 10.3. The fraction of sp³-hybridized carbons (Fsp3) is 0.233. The third-order valence-corrected chi connectivity index (χ3v) is 7.68. The summed E-state index contributed by atoms with van der Waals surface area (Å²) >= 11 is 5.75. The van der Waals surface area contributed by atoms with Gasteiger partial charge in [0.1, 0.15) is 11.6 Å². The molecule has 2 N–H and O–H groups in total. The van der Waals surface area contributed by atoms with Crippen molar-refractivity contribution >= 4 is 34.6 Å². The molecule has 1 aliphatic rings. The third-order valence-electron chi connectivity index (χ3n) is 7.33. The molecular formula is C30H29FN6O4S. The van der Waals surface area contributed by atoms with Crippen LogP contribution in [0.2, 0.25) is 0 Å². The highest BCUT2D eigenvalue weighted by atomic mass is 32.1. The van der Waals surface area contributed by atoms with Gasteiger partial charge >= 0.3 is 0 Å². The Bertz CT molecular complexity index is 1660. The van der Waals surface area contributed by atoms with Crippen LogP contribution in [0, 0.1) is 29.8 Å². The molecule has 10 nitrogen and oxygen atoms in total. The summed E-state index contributed by atoms with van der Waals surface area (Å²) < 4.78 is 21.6. The van der Waals surface area contributed by atoms with Gasteiger partial charge in [0.2, 0.25) is 5.91 Å². The van der Waals surface area contributed by atoms with Crippen LogP contribution in [0.25, 0.3) is 5.69 Å². The minimum atomic E-state index is -0.513. The number of carbonyl (C=O) groups is 1. The lowest BCUT2D eigenvalue weighted by Gasteiger charge is -2.28. The molecule has 0 bridgehead atoms. The monoisotopic (exact) mass is 588 g/mol. The maximum atomic E-state index is 14.1. The smallest absolute Gasteiger partial charge is 0.271 e. The van der Waals surface area contributed by atoms with Gasteiger partial charge in [-0.1, -0.05) is 18.2 Å². The molecule has 42 heavy (non-hydrogen) atoms. The highest BCUT2D eigenvalue weighted by Crippen LogP contribution is 2.42. The molecule has 0 saturated carbocycles. The van der Waals surface area contributed by atoms with E-state index in [0.717, 1.165) is 22.6 Å². The summed E-state index contributed by atoms with van der Waals surface area (Å²) in [5.41, 5.74) is 3.91. The lowest BCUT2D eigenvalue weighted by atomic mass is 9.96. The zero-order valence-corrected chi connectivity index (χ0v) is 24.0. The second kappa shape index (κ2) is 12.0. The van der Waals surface area contributed by atoms with Crippen molar-refractivity contribution in [2.24, 2.45) is 0 Å². The van der Waals surface area contributed by atoms with Crippen molar-refractivity contribution in [3.05, 3.63) is 112 Å². The van der Waals surface area contributed by atoms with Crippen LogP contribution in [-0.2, 0) is 4.79 Å². The minimum Gasteiger partial charge on any atom is -0.495 e. The molecule has 5 rings (SSSR count). The molecule has 1 saturated heterocycles. The Morgan fingerprint density at radius 2 is 1.93 bits per heavy atom. The summed E-state index contributed by atoms with van der Waals surface area (Å²) in [4.78, 5) is 30.5. The number of benzene rings is 2. The molecule has 1 fully saturated rings. The van der Waals surface area contributed by atoms with E-state index in [2.05, 4.69) is 15.6 Å². The molecule has 216 valence electrons. The molecule has 0 radical (unpaired) electrons. The van der Waals surface area contributed by atoms with Crippen LogP contribution in [0.15, 0.2) is 72.9 Å². The van der Waals surface area contributed by atoms with Crippen molar-refractivity contribution in [2.75, 3.05) is 19.0 Å². The van der Waals surface area contributed by atoms with Crippen molar-refractivity contribution < 1.29 is 18.8 Å². The number of hydrogen-bond acceptors (Lipinski definition) is 6. The number of nitrogens with zero attached hydrogens (tertiary/aromatic N) is 4. The number of halogens is 1. The highest BCUT2D eigenvalue weighted by Gasteiger charge is 2.41. The fourth-order valence-electron chi connectivity index (χ4n) is 5.41. The number of pyridine rings is 1. The number of anilines is 1. The number of carbonyl (C=O) groups excluding carboxylic acids is 1. The van der Waals surface area contributed by atoms with E-state index < -0.39 is 10.7 Å². The number of para-hydroxylation sites is 1. The number of methoxy groups -OCH3 is 1. The Labute approximate surface area is 247 Å². The zero-order chi connectivity index (χ0) is 30.0. The van der Waals surface area contributed by atoms with Gasteiger partial charge in [0.15, 0.2) is 5.11 Å². The number of nitro groups is 1. The van der Waals surface area contributed by atoms with Gasteiger partial charge in [0.25, 0.3) is 5.69 Å². The number of hydrogen-bond donors (Lipinski definition) is 2. The number of amides is 1. The van der Waals surface area contributed by atoms with E-state index >= 15 is 0 Å². The van der Waals surface area contributed by atoms with E-state index in [9.17, 15) is 19.3 Å². The van der Waals surface area contributed by atoms with Gasteiger partial charge in [0, 0.05) is 42.7 Å². The SMILES string of the molecule is COc1ccc([N+](=O)[O-])cc1-n1c(C)cc([C@@H]2[C@@H](c3ccccn3)NC(=S)N2CCC(=O)Nc2ccccc2F)c1C. The van der Waals surface area contributed by atoms with Crippen LogP contribution in [0.5, 0.6) is 5.75 Å². The average Bonchev–Trinajstić information content (AvgIpc) is 3.47. The maximum Gasteiger partial charge on any atom is 0.271 e. The van der Waals surface area contributed by atoms with Gasteiger partial charge in [-0.3, -0.25) is 19.9 Å². The Morgan fingerprint density at radius 3 is 2.62 bits per heavy atom. The van der Waals surface area contributed by atoms with Crippen LogP contribution in [0.3, 0.4) is 0 Å². The molecular weight excluding hydrogens is 559 g/mol. The van der Waals surface area contributed by atoms with E-state index in [1.165, 1.54) is 31.4 Å². The van der Waals surface area contributed by atoms with Crippen molar-refractivity contribution in [2.45, 2.75) is 32.4 Å². The normalized spacial score (nSPS) is 16.3. The van der Waals surface area contributed by atoms with Gasteiger partial charge < -0.3 is 24.8 Å². The maximum absolute atomic E-state index is 14.1. The molecule has 1 amide bonds. The summed E-state index contributed by atoms with van der Waals surface area (Å²) in [5.74, 6) is -0.381. The quantitative estimate of drug-likeness (QED) is 0.149. The van der Waals surface area contributed by atoms with Gasteiger partial charge in [-0.25, -0.2) is 4.39 Å². The molecule has 0 aliphatic carbocycles. The van der Waals surface area contributed by atoms with E-state index in [4.69, 9.17) is 17.0 Å². The first kappa shape index (κ1) is 28.7. The lowest BCUT2D eigenvalue weighted by molar-refractivity contribution is -0.384. The molecule has 12 heteroatoms. The van der Waals surface area contributed by atoms with Gasteiger partial charge in [-0.15, -0.1) is 0 Å². The zero-order valence-electron chi connectivity index (χ0n) is 23.2. The predicted molar refractivity (Wildman–Crippen MR) is 160 cm³/mol. The first-order valence-electron chi connectivity index (χ1n) is 13.2. The fourth-order valence-corrected chi connectivity index (χ4v) is 5.74. The van der Waals surface area contributed by atoms with Crippen LogP contribution in [-0.4, -0.2) is 44.0 Å². The molecule has 1 aliphatic heterocycles. The number of non-ortho nitro benzene ring substituents is 1. The number of aryl methyl sites for hydroxylation is 1. The molecule has 3 heterocycles. The Hall–Kier alpha value is -4.84. The largest absolute Gasteiger partial charge is 0.495 e. The van der Waals surface area contributed by atoms with Crippen molar-refractivity contribution in [3.8, 4) is 11.4 Å². The summed E-state index contributed by atoms with van der Waals surface area (Å²) in [6.45, 7) is 4.10. The van der Waals surface area contributed by atoms with E-state index in [0.29, 0.717) is 16.5 Å². The number of rotatable bonds is 9. The summed E-state index contributed by atoms with van der Waals surface area (Å²) in [6.07, 6.45) is 1.76. The first-order chi connectivity index (χ1) is 20.2. The average molecular weight is 589 g/mol. The Morgan fingerprint density at radius 1 is 1.17 bits per heavy atom. The van der Waals surface area contributed by atoms with Crippen LogP contribution in [0.4, 0.5) is 15.8 Å². The van der Waals surface area contributed by atoms with Crippen LogP contribution < -0.4 is 15.4 Å². The van der Waals surface area contributed by atoms with E-state index in [1.54, 1.807) is 24.4 Å². The van der Waals surface area contributed by atoms with Gasteiger partial charge in [-0.05, 0) is 68.0 Å². The molecule has 0 unspecified atom stereocenters. The first-order valence-corrected chi connectivity index (χ1v) is 13.6. The molecule has 2 aromatic heterocycles. The summed E-state index contributed by atoms with van der Waals surface area (Å²) in [7, 11) is 1.52. The minimum absolute atomic E-state index is 0.0546. The van der Waals surface area contributed by atoms with Crippen LogP contribution in [0.1, 0.15) is 41.1 Å². The third kappa shape index (κ3) is 5.53. The molecule has 0 spiro atoms. The van der Waals surface area contributed by atoms with Crippen molar-refractivity contribution in [3.63, 3.8) is 0 Å². The topological polar surface area (TPSA) is 115 Å². The number of ether oxygens (including phenoxy) is 1. The Balaban J connectivity index is 1.53. The van der Waals surface area contributed by atoms with Crippen molar-refractivity contribution in [1.82, 2.24) is 19.8 Å². The molecule has 2 atom stereocenters. The molecule has 4 aromatic rings. The molecule has 2 aromatic carbocycles. The van der Waals surface area contributed by atoms with Gasteiger partial charge in [0.05, 0.1) is 41.2 Å². The van der Waals surface area contributed by atoms with Gasteiger partial charge in [-0.2, -0.15) is 0 Å². The summed E-state index contributed by atoms with van der Waals surface area (Å²) in [6, 6.07) is 17.4. The van der Waals surface area contributed by atoms with Crippen molar-refractivity contribution in [1.29, 1.82) is 0 Å². The number of aromatic nitrogens is 2. The highest BCUT2D eigenvalue weighted by molar-refractivity contribution is 7.80. The lowest BCUT2D eigenvalue weighted by Crippen LogP contribution is -2.33. The Kier molecular flexibility index (Phi) is 8.16. The summed E-state index contributed by atoms with van der Waals surface area (Å²) in [5, 5.41) is 18.0. The second-order valence-electron chi connectivity index (χ2n) is 9.87. The predicted octanol–water partition coefficient (Wildman–Crippen LogP) is 5.55. The standard InChI is InChI=1S/C30H29FN6O4S/c1-18-16-21(19(2)36(18)25-17-20(37(39)40)11-12-26(25)41-3)29-28(24-10-6-7-14-32-24)34-30(42)35(29)15-13-27(38)33-23-9-5-4-8-22(23)31/h4-12,14,16-17,28-29H,13,15H2,1-3H3,(H,33,38)(H,34,42)/t28-,29-/m1/s1.